The van der Waals surface area contributed by atoms with Gasteiger partial charge in [-0.25, -0.2) is 14.7 Å². The van der Waals surface area contributed by atoms with Crippen molar-refractivity contribution < 1.29 is 19.1 Å². The lowest BCUT2D eigenvalue weighted by atomic mass is 10.1. The van der Waals surface area contributed by atoms with Gasteiger partial charge in [0.25, 0.3) is 5.91 Å². The second-order valence-corrected chi connectivity index (χ2v) is 7.80. The van der Waals surface area contributed by atoms with Crippen LogP contribution in [-0.2, 0) is 4.74 Å². The van der Waals surface area contributed by atoms with E-state index in [0.29, 0.717) is 28.4 Å². The van der Waals surface area contributed by atoms with E-state index in [2.05, 4.69) is 9.97 Å². The van der Waals surface area contributed by atoms with E-state index in [-0.39, 0.29) is 5.69 Å². The predicted molar refractivity (Wildman–Crippen MR) is 117 cm³/mol. The minimum absolute atomic E-state index is 0.0909. The summed E-state index contributed by atoms with van der Waals surface area (Å²) in [6, 6.07) is 13.8. The topological polar surface area (TPSA) is 108 Å². The number of hydrogen-bond donors (Lipinski definition) is 1. The Morgan fingerprint density at radius 3 is 2.39 bits per heavy atom. The molecule has 0 aliphatic rings. The highest BCUT2D eigenvalue weighted by atomic mass is 16.6. The lowest BCUT2D eigenvalue weighted by Gasteiger charge is -2.23. The minimum Gasteiger partial charge on any atom is -0.443 e. The molecule has 0 bridgehead atoms. The van der Waals surface area contributed by atoms with Crippen LogP contribution in [0.5, 0.6) is 11.6 Å². The number of hydrogen-bond acceptors (Lipinski definition) is 7. The zero-order chi connectivity index (χ0) is 22.6. The summed E-state index contributed by atoms with van der Waals surface area (Å²) < 4.78 is 11.2. The fraction of sp³-hybridized carbons (Fsp3) is 0.217. The zero-order valence-electron chi connectivity index (χ0n) is 17.8. The Kier molecular flexibility index (Phi) is 6.20. The molecule has 2 aromatic heterocycles. The summed E-state index contributed by atoms with van der Waals surface area (Å²) in [4.78, 5) is 34.3. The molecule has 0 atom stereocenters. The standard InChI is InChI=1S/C23H24N4O4/c1-23(2,3)31-22(29)27(4)21(28)19-14-15(11-13-25-19)18-6-5-12-26-20(18)30-17-9-7-16(24)8-10-17/h5-14H,24H2,1-4H3. The molecule has 0 aliphatic carbocycles. The molecule has 0 fully saturated rings. The number of aromatic nitrogens is 2. The van der Waals surface area contributed by atoms with E-state index in [4.69, 9.17) is 15.2 Å². The van der Waals surface area contributed by atoms with Crippen molar-refractivity contribution in [3.05, 3.63) is 66.6 Å². The van der Waals surface area contributed by atoms with Crippen LogP contribution in [0.3, 0.4) is 0 Å². The van der Waals surface area contributed by atoms with E-state index in [1.807, 2.05) is 6.07 Å². The van der Waals surface area contributed by atoms with E-state index in [1.165, 1.54) is 13.2 Å². The average molecular weight is 420 g/mol. The lowest BCUT2D eigenvalue weighted by molar-refractivity contribution is 0.0283. The molecule has 8 heteroatoms. The number of carbonyl (C=O) groups is 2. The first-order valence-corrected chi connectivity index (χ1v) is 9.60. The molecular weight excluding hydrogens is 396 g/mol. The van der Waals surface area contributed by atoms with Gasteiger partial charge in [0, 0.05) is 30.7 Å². The van der Waals surface area contributed by atoms with Gasteiger partial charge in [-0.15, -0.1) is 0 Å². The number of pyridine rings is 2. The van der Waals surface area contributed by atoms with Crippen LogP contribution in [0.2, 0.25) is 0 Å². The first-order valence-electron chi connectivity index (χ1n) is 9.60. The van der Waals surface area contributed by atoms with Gasteiger partial charge in [0.1, 0.15) is 17.0 Å². The lowest BCUT2D eigenvalue weighted by Crippen LogP contribution is -2.38. The summed E-state index contributed by atoms with van der Waals surface area (Å²) in [5, 5.41) is 0. The van der Waals surface area contributed by atoms with E-state index < -0.39 is 17.6 Å². The number of nitrogens with two attached hydrogens (primary N) is 1. The van der Waals surface area contributed by atoms with Crippen LogP contribution >= 0.6 is 0 Å². The molecule has 8 nitrogen and oxygen atoms in total. The molecule has 2 amide bonds. The highest BCUT2D eigenvalue weighted by molar-refractivity contribution is 6.02. The van der Waals surface area contributed by atoms with Crippen LogP contribution < -0.4 is 10.5 Å². The third-order valence-corrected chi connectivity index (χ3v) is 4.13. The monoisotopic (exact) mass is 420 g/mol. The van der Waals surface area contributed by atoms with Gasteiger partial charge in [-0.3, -0.25) is 9.78 Å². The van der Waals surface area contributed by atoms with Crippen molar-refractivity contribution in [2.24, 2.45) is 0 Å². The number of nitrogen functional groups attached to an aromatic ring is 1. The fourth-order valence-electron chi connectivity index (χ4n) is 2.64. The Balaban J connectivity index is 1.87. The Hall–Kier alpha value is -3.94. The Morgan fingerprint density at radius 2 is 1.71 bits per heavy atom. The van der Waals surface area contributed by atoms with Gasteiger partial charge in [0.15, 0.2) is 0 Å². The second kappa shape index (κ2) is 8.83. The van der Waals surface area contributed by atoms with Crippen LogP contribution in [0.1, 0.15) is 31.3 Å². The van der Waals surface area contributed by atoms with E-state index in [0.717, 1.165) is 4.90 Å². The molecule has 0 saturated carbocycles. The first-order chi connectivity index (χ1) is 14.6. The maximum atomic E-state index is 12.8. The summed E-state index contributed by atoms with van der Waals surface area (Å²) in [6.07, 6.45) is 2.35. The van der Waals surface area contributed by atoms with Gasteiger partial charge in [-0.1, -0.05) is 0 Å². The number of anilines is 1. The number of rotatable bonds is 4. The molecule has 160 valence electrons. The largest absolute Gasteiger partial charge is 0.443 e. The number of ether oxygens (including phenoxy) is 2. The van der Waals surface area contributed by atoms with Crippen molar-refractivity contribution in [2.45, 2.75) is 26.4 Å². The molecule has 3 rings (SSSR count). The predicted octanol–water partition coefficient (Wildman–Crippen LogP) is 4.53. The number of benzene rings is 1. The Bertz CT molecular complexity index is 1090. The quantitative estimate of drug-likeness (QED) is 0.618. The summed E-state index contributed by atoms with van der Waals surface area (Å²) in [7, 11) is 1.35. The number of imide groups is 1. The van der Waals surface area contributed by atoms with Crippen molar-refractivity contribution >= 4 is 17.7 Å². The van der Waals surface area contributed by atoms with Gasteiger partial charge >= 0.3 is 6.09 Å². The minimum atomic E-state index is -0.751. The molecule has 0 saturated heterocycles. The van der Waals surface area contributed by atoms with Crippen molar-refractivity contribution in [1.29, 1.82) is 0 Å². The second-order valence-electron chi connectivity index (χ2n) is 7.80. The van der Waals surface area contributed by atoms with E-state index in [1.54, 1.807) is 69.4 Å². The van der Waals surface area contributed by atoms with Crippen LogP contribution in [0.4, 0.5) is 10.5 Å². The maximum absolute atomic E-state index is 12.8. The van der Waals surface area contributed by atoms with Crippen molar-refractivity contribution in [1.82, 2.24) is 14.9 Å². The van der Waals surface area contributed by atoms with Crippen molar-refractivity contribution in [3.8, 4) is 22.8 Å². The molecular formula is C23H24N4O4. The highest BCUT2D eigenvalue weighted by Gasteiger charge is 2.26. The van der Waals surface area contributed by atoms with Crippen LogP contribution in [-0.4, -0.2) is 39.5 Å². The van der Waals surface area contributed by atoms with Crippen LogP contribution in [0, 0.1) is 0 Å². The Morgan fingerprint density at radius 1 is 1.00 bits per heavy atom. The van der Waals surface area contributed by atoms with Gasteiger partial charge in [-0.2, -0.15) is 0 Å². The third-order valence-electron chi connectivity index (χ3n) is 4.13. The number of nitrogens with zero attached hydrogens (tertiary/aromatic N) is 3. The first kappa shape index (κ1) is 21.8. The zero-order valence-corrected chi connectivity index (χ0v) is 17.8. The summed E-state index contributed by atoms with van der Waals surface area (Å²) >= 11 is 0. The smallest absolute Gasteiger partial charge is 0.417 e. The van der Waals surface area contributed by atoms with Crippen LogP contribution in [0.25, 0.3) is 11.1 Å². The molecule has 2 N–H and O–H groups in total. The van der Waals surface area contributed by atoms with Crippen molar-refractivity contribution in [3.63, 3.8) is 0 Å². The Labute approximate surface area is 180 Å². The normalized spacial score (nSPS) is 11.0. The fourth-order valence-corrected chi connectivity index (χ4v) is 2.64. The molecule has 0 aliphatic heterocycles. The molecule has 3 aromatic rings. The number of carbonyl (C=O) groups excluding carboxylic acids is 2. The maximum Gasteiger partial charge on any atom is 0.417 e. The van der Waals surface area contributed by atoms with Gasteiger partial charge in [0.2, 0.25) is 5.88 Å². The highest BCUT2D eigenvalue weighted by Crippen LogP contribution is 2.31. The summed E-state index contributed by atoms with van der Waals surface area (Å²) in [5.74, 6) is 0.350. The average Bonchev–Trinajstić information content (AvgIpc) is 2.73. The van der Waals surface area contributed by atoms with Crippen LogP contribution in [0.15, 0.2) is 60.9 Å². The SMILES string of the molecule is CN(C(=O)OC(C)(C)C)C(=O)c1cc(-c2cccnc2Oc2ccc(N)cc2)ccn1. The summed E-state index contributed by atoms with van der Waals surface area (Å²) in [5.41, 5.74) is 7.04. The van der Waals surface area contributed by atoms with E-state index in [9.17, 15) is 9.59 Å². The third kappa shape index (κ3) is 5.57. The van der Waals surface area contributed by atoms with Gasteiger partial charge in [-0.05, 0) is 74.9 Å². The molecule has 0 spiro atoms. The molecule has 2 heterocycles. The molecule has 31 heavy (non-hydrogen) atoms. The molecule has 1 aromatic carbocycles. The number of amides is 2. The molecule has 0 unspecified atom stereocenters. The molecule has 0 radical (unpaired) electrons. The van der Waals surface area contributed by atoms with Crippen molar-refractivity contribution in [2.75, 3.05) is 12.8 Å². The van der Waals surface area contributed by atoms with Gasteiger partial charge < -0.3 is 15.2 Å². The summed E-state index contributed by atoms with van der Waals surface area (Å²) in [6.45, 7) is 5.19. The van der Waals surface area contributed by atoms with Gasteiger partial charge in [0.05, 0.1) is 0 Å². The van der Waals surface area contributed by atoms with E-state index >= 15 is 0 Å².